The molecule has 20 heavy (non-hydrogen) atoms. The Bertz CT molecular complexity index is 433. The molecular weight excluding hydrogens is 318 g/mol. The van der Waals surface area contributed by atoms with Gasteiger partial charge in [-0.1, -0.05) is 59.8 Å². The van der Waals surface area contributed by atoms with E-state index in [9.17, 15) is 4.79 Å². The Balaban J connectivity index is 2.39. The van der Waals surface area contributed by atoms with Crippen molar-refractivity contribution >= 4 is 21.9 Å². The van der Waals surface area contributed by atoms with Crippen LogP contribution in [0.5, 0.6) is 0 Å². The van der Waals surface area contributed by atoms with Crippen molar-refractivity contribution in [1.29, 1.82) is 0 Å². The molecule has 0 spiro atoms. The number of halogens is 1. The van der Waals surface area contributed by atoms with E-state index >= 15 is 0 Å². The number of carbonyl (C=O) groups excluding carboxylic acids is 1. The minimum atomic E-state index is -0.333. The van der Waals surface area contributed by atoms with Gasteiger partial charge in [0.15, 0.2) is 0 Å². The maximum absolute atomic E-state index is 11.3. The van der Waals surface area contributed by atoms with Crippen LogP contribution < -0.4 is 0 Å². The van der Waals surface area contributed by atoms with Crippen LogP contribution in [0.3, 0.4) is 0 Å². The van der Waals surface area contributed by atoms with E-state index in [0.29, 0.717) is 12.2 Å². The lowest BCUT2D eigenvalue weighted by molar-refractivity contribution is -0.138. The van der Waals surface area contributed by atoms with Gasteiger partial charge < -0.3 is 4.74 Å². The highest BCUT2D eigenvalue weighted by molar-refractivity contribution is 9.09. The Kier molecular flexibility index (Phi) is 7.55. The lowest BCUT2D eigenvalue weighted by Crippen LogP contribution is -2.32. The van der Waals surface area contributed by atoms with Gasteiger partial charge in [0.05, 0.1) is 4.83 Å². The molecule has 1 atom stereocenters. The van der Waals surface area contributed by atoms with Crippen LogP contribution in [0, 0.1) is 0 Å². The molecule has 1 aromatic rings. The molecule has 4 heteroatoms. The van der Waals surface area contributed by atoms with Crippen molar-refractivity contribution in [2.24, 2.45) is 0 Å². The third-order valence-electron chi connectivity index (χ3n) is 2.90. The number of benzene rings is 1. The van der Waals surface area contributed by atoms with Crippen molar-refractivity contribution in [2.45, 2.75) is 25.2 Å². The largest absolute Gasteiger partial charge is 0.461 e. The highest BCUT2D eigenvalue weighted by atomic mass is 79.9. The van der Waals surface area contributed by atoms with E-state index in [0.717, 1.165) is 19.6 Å². The van der Waals surface area contributed by atoms with Gasteiger partial charge >= 0.3 is 5.97 Å². The standard InChI is InChI=1S/C16H22BrNO2/c1-4-18(10-14-8-6-5-7-9-14)11-15(17)12-20-16(19)13(2)3/h5-9,15H,2,4,10-12H2,1,3H3. The van der Waals surface area contributed by atoms with Crippen LogP contribution in [-0.2, 0) is 16.1 Å². The van der Waals surface area contributed by atoms with E-state index in [1.54, 1.807) is 6.92 Å². The molecule has 0 saturated carbocycles. The number of esters is 1. The van der Waals surface area contributed by atoms with E-state index in [2.05, 4.69) is 46.5 Å². The van der Waals surface area contributed by atoms with E-state index in [4.69, 9.17) is 4.74 Å². The number of ether oxygens (including phenoxy) is 1. The van der Waals surface area contributed by atoms with E-state index in [1.165, 1.54) is 5.56 Å². The summed E-state index contributed by atoms with van der Waals surface area (Å²) in [6.45, 7) is 10.4. The summed E-state index contributed by atoms with van der Waals surface area (Å²) in [5.41, 5.74) is 1.72. The molecule has 1 aromatic carbocycles. The van der Waals surface area contributed by atoms with Crippen LogP contribution in [0.15, 0.2) is 42.5 Å². The lowest BCUT2D eigenvalue weighted by atomic mass is 10.2. The Labute approximate surface area is 129 Å². The minimum absolute atomic E-state index is 0.120. The number of nitrogens with zero attached hydrogens (tertiary/aromatic N) is 1. The van der Waals surface area contributed by atoms with Crippen LogP contribution in [0.4, 0.5) is 0 Å². The third kappa shape index (κ3) is 6.35. The van der Waals surface area contributed by atoms with Crippen molar-refractivity contribution in [1.82, 2.24) is 4.90 Å². The van der Waals surface area contributed by atoms with Crippen molar-refractivity contribution in [3.63, 3.8) is 0 Å². The molecule has 0 N–H and O–H groups in total. The molecule has 3 nitrogen and oxygen atoms in total. The van der Waals surface area contributed by atoms with Gasteiger partial charge in [-0.2, -0.15) is 0 Å². The number of rotatable bonds is 8. The topological polar surface area (TPSA) is 29.5 Å². The Hall–Kier alpha value is -1.13. The number of alkyl halides is 1. The molecule has 0 heterocycles. The van der Waals surface area contributed by atoms with E-state index in [-0.39, 0.29) is 10.8 Å². The van der Waals surface area contributed by atoms with E-state index in [1.807, 2.05) is 18.2 Å². The summed E-state index contributed by atoms with van der Waals surface area (Å²) in [6, 6.07) is 10.3. The summed E-state index contributed by atoms with van der Waals surface area (Å²) in [5.74, 6) is -0.333. The zero-order valence-corrected chi connectivity index (χ0v) is 13.7. The molecule has 1 unspecified atom stereocenters. The molecule has 0 fully saturated rings. The van der Waals surface area contributed by atoms with E-state index < -0.39 is 0 Å². The molecular formula is C16H22BrNO2. The fourth-order valence-electron chi connectivity index (χ4n) is 1.77. The van der Waals surface area contributed by atoms with Gasteiger partial charge in [-0.25, -0.2) is 4.79 Å². The van der Waals surface area contributed by atoms with Gasteiger partial charge in [0.25, 0.3) is 0 Å². The van der Waals surface area contributed by atoms with Gasteiger partial charge in [0.1, 0.15) is 6.61 Å². The molecule has 0 saturated heterocycles. The quantitative estimate of drug-likeness (QED) is 0.413. The fraction of sp³-hybridized carbons (Fsp3) is 0.438. The van der Waals surface area contributed by atoms with Crippen LogP contribution in [0.2, 0.25) is 0 Å². The fourth-order valence-corrected chi connectivity index (χ4v) is 2.31. The van der Waals surface area contributed by atoms with Gasteiger partial charge in [-0.05, 0) is 19.0 Å². The third-order valence-corrected chi connectivity index (χ3v) is 3.45. The molecule has 0 aliphatic rings. The lowest BCUT2D eigenvalue weighted by Gasteiger charge is -2.23. The van der Waals surface area contributed by atoms with Crippen molar-refractivity contribution in [3.8, 4) is 0 Å². The Morgan fingerprint density at radius 1 is 1.40 bits per heavy atom. The molecule has 0 aliphatic heterocycles. The molecule has 0 aromatic heterocycles. The number of hydrogen-bond acceptors (Lipinski definition) is 3. The minimum Gasteiger partial charge on any atom is -0.461 e. The average molecular weight is 340 g/mol. The molecule has 1 rings (SSSR count). The maximum atomic E-state index is 11.3. The summed E-state index contributed by atoms with van der Waals surface area (Å²) in [6.07, 6.45) is 0. The Morgan fingerprint density at radius 2 is 2.05 bits per heavy atom. The highest BCUT2D eigenvalue weighted by Crippen LogP contribution is 2.09. The second-order valence-corrected chi connectivity index (χ2v) is 6.08. The molecule has 0 aliphatic carbocycles. The monoisotopic (exact) mass is 339 g/mol. The SMILES string of the molecule is C=C(C)C(=O)OCC(Br)CN(CC)Cc1ccccc1. The first-order chi connectivity index (χ1) is 9.52. The first-order valence-electron chi connectivity index (χ1n) is 6.76. The summed E-state index contributed by atoms with van der Waals surface area (Å²) in [5, 5.41) is 0. The van der Waals surface area contributed by atoms with Crippen LogP contribution in [0.25, 0.3) is 0 Å². The Morgan fingerprint density at radius 3 is 2.60 bits per heavy atom. The van der Waals surface area contributed by atoms with Crippen molar-refractivity contribution in [2.75, 3.05) is 19.7 Å². The van der Waals surface area contributed by atoms with Crippen molar-refractivity contribution in [3.05, 3.63) is 48.0 Å². The summed E-state index contributed by atoms with van der Waals surface area (Å²) in [7, 11) is 0. The summed E-state index contributed by atoms with van der Waals surface area (Å²) >= 11 is 3.56. The predicted molar refractivity (Wildman–Crippen MR) is 85.9 cm³/mol. The molecule has 110 valence electrons. The van der Waals surface area contributed by atoms with Crippen LogP contribution in [-0.4, -0.2) is 35.4 Å². The van der Waals surface area contributed by atoms with Crippen molar-refractivity contribution < 1.29 is 9.53 Å². The van der Waals surface area contributed by atoms with Gasteiger partial charge in [-0.15, -0.1) is 0 Å². The summed E-state index contributed by atoms with van der Waals surface area (Å²) < 4.78 is 5.15. The number of hydrogen-bond donors (Lipinski definition) is 0. The first kappa shape index (κ1) is 16.9. The molecule has 0 bridgehead atoms. The zero-order valence-electron chi connectivity index (χ0n) is 12.1. The zero-order chi connectivity index (χ0) is 15.0. The normalized spacial score (nSPS) is 12.2. The maximum Gasteiger partial charge on any atom is 0.333 e. The van der Waals surface area contributed by atoms with Crippen LogP contribution in [0.1, 0.15) is 19.4 Å². The van der Waals surface area contributed by atoms with Gasteiger partial charge in [0, 0.05) is 18.7 Å². The summed E-state index contributed by atoms with van der Waals surface area (Å²) in [4.78, 5) is 13.8. The highest BCUT2D eigenvalue weighted by Gasteiger charge is 2.13. The second kappa shape index (κ2) is 8.93. The van der Waals surface area contributed by atoms with Crippen LogP contribution >= 0.6 is 15.9 Å². The average Bonchev–Trinajstić information content (AvgIpc) is 2.44. The second-order valence-electron chi connectivity index (χ2n) is 4.79. The molecule has 0 radical (unpaired) electrons. The predicted octanol–water partition coefficient (Wildman–Crippen LogP) is 3.39. The van der Waals surface area contributed by atoms with Gasteiger partial charge in [0.2, 0.25) is 0 Å². The smallest absolute Gasteiger partial charge is 0.333 e. The molecule has 0 amide bonds. The van der Waals surface area contributed by atoms with Gasteiger partial charge in [-0.3, -0.25) is 4.90 Å². The number of carbonyl (C=O) groups is 1. The first-order valence-corrected chi connectivity index (χ1v) is 7.67.